The molecule has 1 aliphatic heterocycles. The lowest BCUT2D eigenvalue weighted by atomic mass is 10.2. The largest absolute Gasteiger partial charge is 0.356 e. The van der Waals surface area contributed by atoms with Crippen molar-refractivity contribution in [3.05, 3.63) is 29.8 Å². The molecule has 1 aliphatic rings. The summed E-state index contributed by atoms with van der Waals surface area (Å²) in [6, 6.07) is 7.64. The van der Waals surface area contributed by atoms with Gasteiger partial charge in [0.1, 0.15) is 0 Å². The minimum Gasteiger partial charge on any atom is -0.356 e. The molecule has 116 valence electrons. The first kappa shape index (κ1) is 17.5. The quantitative estimate of drug-likeness (QED) is 0.675. The van der Waals surface area contributed by atoms with Crippen LogP contribution < -0.4 is 16.0 Å². The van der Waals surface area contributed by atoms with Crippen molar-refractivity contribution in [1.82, 2.24) is 15.5 Å². The molecule has 21 heavy (non-hydrogen) atoms. The van der Waals surface area contributed by atoms with E-state index in [1.165, 1.54) is 4.90 Å². The molecule has 0 fully saturated rings. The van der Waals surface area contributed by atoms with Crippen LogP contribution in [0.2, 0.25) is 0 Å². The monoisotopic (exact) mass is 403 g/mol. The number of urea groups is 1. The lowest BCUT2D eigenvalue weighted by Crippen LogP contribution is -2.40. The first-order chi connectivity index (χ1) is 9.65. The summed E-state index contributed by atoms with van der Waals surface area (Å²) in [5, 5.41) is 9.28. The van der Waals surface area contributed by atoms with Crippen molar-refractivity contribution >= 4 is 41.7 Å². The van der Waals surface area contributed by atoms with Gasteiger partial charge >= 0.3 is 6.03 Å². The maximum Gasteiger partial charge on any atom is 0.321 e. The molecule has 1 aromatic carbocycles. The van der Waals surface area contributed by atoms with E-state index in [4.69, 9.17) is 0 Å². The van der Waals surface area contributed by atoms with Crippen LogP contribution in [0.5, 0.6) is 0 Å². The van der Waals surface area contributed by atoms with E-state index in [1.807, 2.05) is 24.3 Å². The Morgan fingerprint density at radius 3 is 2.62 bits per heavy atom. The van der Waals surface area contributed by atoms with Crippen LogP contribution in [-0.4, -0.2) is 44.1 Å². The lowest BCUT2D eigenvalue weighted by molar-refractivity contribution is 0.230. The summed E-state index contributed by atoms with van der Waals surface area (Å²) in [5.74, 6) is 0.862. The second-order valence-electron chi connectivity index (χ2n) is 4.89. The molecule has 0 saturated heterocycles. The average molecular weight is 403 g/mol. The number of anilines is 1. The van der Waals surface area contributed by atoms with Gasteiger partial charge < -0.3 is 20.9 Å². The molecule has 3 N–H and O–H groups in total. The summed E-state index contributed by atoms with van der Waals surface area (Å²) in [4.78, 5) is 17.4. The van der Waals surface area contributed by atoms with Crippen molar-refractivity contribution in [3.63, 3.8) is 0 Å². The number of amides is 2. The normalized spacial score (nSPS) is 13.3. The SMILES string of the molecule is CN(C)C(=O)Nc1ccc(CNC2=NCCCN2)cc1.I. The maximum absolute atomic E-state index is 11.5. The van der Waals surface area contributed by atoms with E-state index in [0.717, 1.165) is 36.7 Å². The van der Waals surface area contributed by atoms with Crippen LogP contribution in [0.4, 0.5) is 10.5 Å². The Labute approximate surface area is 142 Å². The summed E-state index contributed by atoms with van der Waals surface area (Å²) in [6.07, 6.45) is 1.09. The number of carbonyl (C=O) groups is 1. The molecule has 2 rings (SSSR count). The Balaban J connectivity index is 0.00000220. The smallest absolute Gasteiger partial charge is 0.321 e. The minimum absolute atomic E-state index is 0. The number of benzene rings is 1. The van der Waals surface area contributed by atoms with Crippen LogP contribution >= 0.6 is 24.0 Å². The number of guanidine groups is 1. The van der Waals surface area contributed by atoms with Gasteiger partial charge in [-0.15, -0.1) is 24.0 Å². The molecule has 0 atom stereocenters. The van der Waals surface area contributed by atoms with Gasteiger partial charge in [-0.25, -0.2) is 4.79 Å². The first-order valence-electron chi connectivity index (χ1n) is 6.74. The van der Waals surface area contributed by atoms with E-state index in [2.05, 4.69) is 20.9 Å². The van der Waals surface area contributed by atoms with Gasteiger partial charge in [0, 0.05) is 39.4 Å². The third kappa shape index (κ3) is 5.78. The van der Waals surface area contributed by atoms with E-state index in [9.17, 15) is 4.79 Å². The molecule has 0 spiro atoms. The Bertz CT molecular complexity index is 487. The van der Waals surface area contributed by atoms with Crippen molar-refractivity contribution in [1.29, 1.82) is 0 Å². The number of carbonyl (C=O) groups excluding carboxylic acids is 1. The molecule has 0 aromatic heterocycles. The van der Waals surface area contributed by atoms with E-state index in [0.29, 0.717) is 6.54 Å². The van der Waals surface area contributed by atoms with E-state index in [1.54, 1.807) is 14.1 Å². The summed E-state index contributed by atoms with van der Waals surface area (Å²) < 4.78 is 0. The second kappa shape index (κ2) is 8.71. The first-order valence-corrected chi connectivity index (χ1v) is 6.74. The van der Waals surface area contributed by atoms with Gasteiger partial charge in [-0.2, -0.15) is 0 Å². The second-order valence-corrected chi connectivity index (χ2v) is 4.89. The molecule has 7 heteroatoms. The Morgan fingerprint density at radius 1 is 1.33 bits per heavy atom. The Morgan fingerprint density at radius 2 is 2.05 bits per heavy atom. The fourth-order valence-electron chi connectivity index (χ4n) is 1.78. The third-order valence-corrected chi connectivity index (χ3v) is 2.97. The maximum atomic E-state index is 11.5. The van der Waals surface area contributed by atoms with Crippen LogP contribution in [0.15, 0.2) is 29.3 Å². The molecule has 0 saturated carbocycles. The average Bonchev–Trinajstić information content (AvgIpc) is 2.47. The van der Waals surface area contributed by atoms with E-state index < -0.39 is 0 Å². The summed E-state index contributed by atoms with van der Waals surface area (Å²) in [6.45, 7) is 2.57. The van der Waals surface area contributed by atoms with Gasteiger partial charge in [-0.05, 0) is 24.1 Å². The van der Waals surface area contributed by atoms with Crippen LogP contribution in [0.25, 0.3) is 0 Å². The number of hydrogen-bond acceptors (Lipinski definition) is 4. The molecule has 0 bridgehead atoms. The van der Waals surface area contributed by atoms with Gasteiger partial charge in [0.15, 0.2) is 5.96 Å². The fraction of sp³-hybridized carbons (Fsp3) is 0.429. The zero-order valence-corrected chi connectivity index (χ0v) is 14.7. The van der Waals surface area contributed by atoms with Crippen LogP contribution in [-0.2, 0) is 6.54 Å². The molecule has 2 amide bonds. The number of hydrogen-bond donors (Lipinski definition) is 3. The lowest BCUT2D eigenvalue weighted by Gasteiger charge is -2.16. The number of rotatable bonds is 3. The highest BCUT2D eigenvalue weighted by Crippen LogP contribution is 2.10. The van der Waals surface area contributed by atoms with Crippen molar-refractivity contribution in [3.8, 4) is 0 Å². The predicted octanol–water partition coefficient (Wildman–Crippen LogP) is 1.84. The van der Waals surface area contributed by atoms with Crippen molar-refractivity contribution in [2.45, 2.75) is 13.0 Å². The minimum atomic E-state index is -0.128. The van der Waals surface area contributed by atoms with Gasteiger partial charge in [-0.1, -0.05) is 12.1 Å². The number of halogens is 1. The molecular weight excluding hydrogens is 381 g/mol. The number of nitrogens with zero attached hydrogens (tertiary/aromatic N) is 2. The molecule has 0 aliphatic carbocycles. The fourth-order valence-corrected chi connectivity index (χ4v) is 1.78. The van der Waals surface area contributed by atoms with Gasteiger partial charge in [-0.3, -0.25) is 4.99 Å². The molecular formula is C14H22IN5O. The van der Waals surface area contributed by atoms with Gasteiger partial charge in [0.25, 0.3) is 0 Å². The summed E-state index contributed by atoms with van der Waals surface area (Å²) in [7, 11) is 3.43. The van der Waals surface area contributed by atoms with E-state index in [-0.39, 0.29) is 30.0 Å². The zero-order chi connectivity index (χ0) is 14.4. The highest BCUT2D eigenvalue weighted by atomic mass is 127. The topological polar surface area (TPSA) is 68.8 Å². The van der Waals surface area contributed by atoms with Crippen LogP contribution in [0, 0.1) is 0 Å². The van der Waals surface area contributed by atoms with Gasteiger partial charge in [0.05, 0.1) is 0 Å². The molecule has 1 heterocycles. The number of aliphatic imine (C=N–C) groups is 1. The van der Waals surface area contributed by atoms with E-state index >= 15 is 0 Å². The third-order valence-electron chi connectivity index (χ3n) is 2.97. The molecule has 0 radical (unpaired) electrons. The molecule has 0 unspecified atom stereocenters. The number of nitrogens with one attached hydrogen (secondary N) is 3. The van der Waals surface area contributed by atoms with Crippen molar-refractivity contribution < 1.29 is 4.79 Å². The molecule has 6 nitrogen and oxygen atoms in total. The molecule has 1 aromatic rings. The Hall–Kier alpha value is -1.51. The van der Waals surface area contributed by atoms with Crippen molar-refractivity contribution in [2.24, 2.45) is 4.99 Å². The summed E-state index contributed by atoms with van der Waals surface area (Å²) >= 11 is 0. The van der Waals surface area contributed by atoms with Gasteiger partial charge in [0.2, 0.25) is 0 Å². The Kier molecular flexibility index (Phi) is 7.27. The highest BCUT2D eigenvalue weighted by molar-refractivity contribution is 14.0. The van der Waals surface area contributed by atoms with Crippen LogP contribution in [0.3, 0.4) is 0 Å². The highest BCUT2D eigenvalue weighted by Gasteiger charge is 2.05. The van der Waals surface area contributed by atoms with Crippen LogP contribution in [0.1, 0.15) is 12.0 Å². The standard InChI is InChI=1S/C14H21N5O.HI/c1-19(2)14(20)18-12-6-4-11(5-7-12)10-17-13-15-8-3-9-16-13;/h4-7H,3,8-10H2,1-2H3,(H,18,20)(H2,15,16,17);1H. The summed E-state index contributed by atoms with van der Waals surface area (Å²) in [5.41, 5.74) is 1.93. The zero-order valence-electron chi connectivity index (χ0n) is 12.3. The predicted molar refractivity (Wildman–Crippen MR) is 96.3 cm³/mol. The van der Waals surface area contributed by atoms with Crippen molar-refractivity contribution in [2.75, 3.05) is 32.5 Å².